The molecule has 4 rings (SSSR count). The lowest BCUT2D eigenvalue weighted by Crippen LogP contribution is -2.34. The largest absolute Gasteiger partial charge is 0.0614 e. The Hall–Kier alpha value is -2.34. The van der Waals surface area contributed by atoms with Crippen molar-refractivity contribution in [3.8, 4) is 0 Å². The summed E-state index contributed by atoms with van der Waals surface area (Å²) in [6, 6.07) is 20.3. The molecule has 3 aromatic rings. The van der Waals surface area contributed by atoms with Gasteiger partial charge in [-0.25, -0.2) is 0 Å². The third-order valence-electron chi connectivity index (χ3n) is 6.35. The van der Waals surface area contributed by atoms with Crippen LogP contribution in [0.15, 0.2) is 54.6 Å². The number of aryl methyl sites for hydroxylation is 1. The standard InChI is InChI=1S/C27H30/c1-19-9-12-23-18-20(11-14-22(23)17-19)10-13-21-7-6-8-24-25(21)27(4,5)16-15-26(24,2)3/h6-14,17-18H,15-16H2,1-5H3/b13-10+. The van der Waals surface area contributed by atoms with Gasteiger partial charge in [-0.05, 0) is 69.7 Å². The van der Waals surface area contributed by atoms with Crippen molar-refractivity contribution in [3.05, 3.63) is 82.4 Å². The Morgan fingerprint density at radius 2 is 1.44 bits per heavy atom. The minimum atomic E-state index is 0.229. The van der Waals surface area contributed by atoms with Crippen molar-refractivity contribution in [2.45, 2.75) is 58.3 Å². The summed E-state index contributed by atoms with van der Waals surface area (Å²) in [4.78, 5) is 0. The van der Waals surface area contributed by atoms with Crippen LogP contribution in [0.4, 0.5) is 0 Å². The maximum atomic E-state index is 2.40. The van der Waals surface area contributed by atoms with Crippen LogP contribution >= 0.6 is 0 Å². The van der Waals surface area contributed by atoms with Gasteiger partial charge < -0.3 is 0 Å². The number of hydrogen-bond acceptors (Lipinski definition) is 0. The third kappa shape index (κ3) is 3.34. The van der Waals surface area contributed by atoms with E-state index >= 15 is 0 Å². The fraction of sp³-hybridized carbons (Fsp3) is 0.333. The Balaban J connectivity index is 1.76. The van der Waals surface area contributed by atoms with Crippen LogP contribution in [0.5, 0.6) is 0 Å². The van der Waals surface area contributed by atoms with E-state index in [4.69, 9.17) is 0 Å². The molecule has 3 aromatic carbocycles. The number of hydrogen-bond donors (Lipinski definition) is 0. The molecule has 0 amide bonds. The Bertz CT molecular complexity index is 1030. The SMILES string of the molecule is Cc1ccc2cc(/C=C/c3cccc4c3C(C)(C)CCC4(C)C)ccc2c1. The van der Waals surface area contributed by atoms with E-state index in [1.54, 1.807) is 0 Å². The summed E-state index contributed by atoms with van der Waals surface area (Å²) in [6.07, 6.45) is 7.08. The highest BCUT2D eigenvalue weighted by atomic mass is 14.4. The van der Waals surface area contributed by atoms with Gasteiger partial charge in [0.05, 0.1) is 0 Å². The van der Waals surface area contributed by atoms with Crippen molar-refractivity contribution in [2.24, 2.45) is 0 Å². The molecule has 27 heavy (non-hydrogen) atoms. The summed E-state index contributed by atoms with van der Waals surface area (Å²) >= 11 is 0. The summed E-state index contributed by atoms with van der Waals surface area (Å²) < 4.78 is 0. The molecule has 0 saturated carbocycles. The molecule has 0 saturated heterocycles. The molecule has 138 valence electrons. The van der Waals surface area contributed by atoms with Crippen molar-refractivity contribution < 1.29 is 0 Å². The zero-order chi connectivity index (χ0) is 19.2. The Morgan fingerprint density at radius 1 is 0.741 bits per heavy atom. The Kier molecular flexibility index (Phi) is 4.26. The summed E-state index contributed by atoms with van der Waals surface area (Å²) in [5, 5.41) is 2.62. The van der Waals surface area contributed by atoms with E-state index in [0.717, 1.165) is 0 Å². The molecule has 0 spiro atoms. The second-order valence-electron chi connectivity index (χ2n) is 9.48. The molecule has 0 heteroatoms. The van der Waals surface area contributed by atoms with E-state index in [1.165, 1.54) is 51.4 Å². The average Bonchev–Trinajstić information content (AvgIpc) is 2.63. The fourth-order valence-electron chi connectivity index (χ4n) is 4.59. The van der Waals surface area contributed by atoms with Gasteiger partial charge in [0.1, 0.15) is 0 Å². The minimum absolute atomic E-state index is 0.229. The number of benzene rings is 3. The molecule has 0 heterocycles. The zero-order valence-corrected chi connectivity index (χ0v) is 17.3. The highest BCUT2D eigenvalue weighted by molar-refractivity contribution is 5.86. The van der Waals surface area contributed by atoms with Gasteiger partial charge in [-0.3, -0.25) is 0 Å². The maximum absolute atomic E-state index is 2.40. The summed E-state index contributed by atoms with van der Waals surface area (Å²) in [5.41, 5.74) is 7.49. The average molecular weight is 355 g/mol. The van der Waals surface area contributed by atoms with E-state index in [-0.39, 0.29) is 10.8 Å². The molecule has 1 aliphatic rings. The summed E-state index contributed by atoms with van der Waals surface area (Å²) in [5.74, 6) is 0. The van der Waals surface area contributed by atoms with Gasteiger partial charge in [0.15, 0.2) is 0 Å². The zero-order valence-electron chi connectivity index (χ0n) is 17.3. The van der Waals surface area contributed by atoms with E-state index < -0.39 is 0 Å². The summed E-state index contributed by atoms with van der Waals surface area (Å²) in [7, 11) is 0. The first kappa shape index (κ1) is 18.0. The van der Waals surface area contributed by atoms with Crippen LogP contribution in [0.1, 0.15) is 68.4 Å². The monoisotopic (exact) mass is 354 g/mol. The topological polar surface area (TPSA) is 0 Å². The lowest BCUT2D eigenvalue weighted by molar-refractivity contribution is 0.331. The molecule has 0 N–H and O–H groups in total. The molecule has 0 unspecified atom stereocenters. The second kappa shape index (κ2) is 6.37. The molecule has 0 atom stereocenters. The maximum Gasteiger partial charge on any atom is -0.00944 e. The van der Waals surface area contributed by atoms with Crippen LogP contribution in [0.2, 0.25) is 0 Å². The van der Waals surface area contributed by atoms with E-state index in [0.29, 0.717) is 0 Å². The van der Waals surface area contributed by atoms with Crippen molar-refractivity contribution in [2.75, 3.05) is 0 Å². The minimum Gasteiger partial charge on any atom is -0.0614 e. The molecule has 0 aliphatic heterocycles. The normalized spacial score (nSPS) is 18.0. The first-order chi connectivity index (χ1) is 12.8. The van der Waals surface area contributed by atoms with Crippen LogP contribution in [-0.2, 0) is 10.8 Å². The molecule has 0 bridgehead atoms. The first-order valence-electron chi connectivity index (χ1n) is 10.1. The molecule has 0 radical (unpaired) electrons. The predicted molar refractivity (Wildman–Crippen MR) is 119 cm³/mol. The molecule has 1 aliphatic carbocycles. The second-order valence-corrected chi connectivity index (χ2v) is 9.48. The molecule has 0 nitrogen and oxygen atoms in total. The van der Waals surface area contributed by atoms with Crippen LogP contribution in [0.3, 0.4) is 0 Å². The van der Waals surface area contributed by atoms with Gasteiger partial charge in [0.25, 0.3) is 0 Å². The van der Waals surface area contributed by atoms with Crippen LogP contribution in [-0.4, -0.2) is 0 Å². The van der Waals surface area contributed by atoms with Crippen LogP contribution in [0.25, 0.3) is 22.9 Å². The van der Waals surface area contributed by atoms with Gasteiger partial charge in [-0.1, -0.05) is 93.9 Å². The predicted octanol–water partition coefficient (Wildman–Crippen LogP) is 7.67. The van der Waals surface area contributed by atoms with Gasteiger partial charge in [-0.15, -0.1) is 0 Å². The van der Waals surface area contributed by atoms with Crippen molar-refractivity contribution in [1.82, 2.24) is 0 Å². The highest BCUT2D eigenvalue weighted by Gasteiger charge is 2.37. The smallest absolute Gasteiger partial charge is 0.00944 e. The Morgan fingerprint density at radius 3 is 2.26 bits per heavy atom. The van der Waals surface area contributed by atoms with Crippen molar-refractivity contribution in [3.63, 3.8) is 0 Å². The first-order valence-corrected chi connectivity index (χ1v) is 10.1. The molecular formula is C27H30. The van der Waals surface area contributed by atoms with E-state index in [1.807, 2.05) is 0 Å². The number of fused-ring (bicyclic) bond motifs is 2. The summed E-state index contributed by atoms with van der Waals surface area (Å²) in [6.45, 7) is 11.7. The lowest BCUT2D eigenvalue weighted by atomic mass is 9.62. The quantitative estimate of drug-likeness (QED) is 0.414. The van der Waals surface area contributed by atoms with Crippen molar-refractivity contribution in [1.29, 1.82) is 0 Å². The van der Waals surface area contributed by atoms with Gasteiger partial charge in [0.2, 0.25) is 0 Å². The van der Waals surface area contributed by atoms with Gasteiger partial charge in [-0.2, -0.15) is 0 Å². The van der Waals surface area contributed by atoms with Gasteiger partial charge in [0, 0.05) is 0 Å². The van der Waals surface area contributed by atoms with Gasteiger partial charge >= 0.3 is 0 Å². The third-order valence-corrected chi connectivity index (χ3v) is 6.35. The number of rotatable bonds is 2. The molecule has 0 fully saturated rings. The highest BCUT2D eigenvalue weighted by Crippen LogP contribution is 2.47. The molecular weight excluding hydrogens is 324 g/mol. The fourth-order valence-corrected chi connectivity index (χ4v) is 4.59. The molecule has 0 aromatic heterocycles. The van der Waals surface area contributed by atoms with Crippen LogP contribution in [0, 0.1) is 6.92 Å². The van der Waals surface area contributed by atoms with Crippen LogP contribution < -0.4 is 0 Å². The van der Waals surface area contributed by atoms with E-state index in [2.05, 4.69) is 101 Å². The van der Waals surface area contributed by atoms with E-state index in [9.17, 15) is 0 Å². The van der Waals surface area contributed by atoms with Crippen molar-refractivity contribution >= 4 is 22.9 Å². The lowest BCUT2D eigenvalue weighted by Gasteiger charge is -2.42. The Labute approximate surface area is 163 Å².